The highest BCUT2D eigenvalue weighted by Crippen LogP contribution is 2.31. The Labute approximate surface area is 149 Å². The Morgan fingerprint density at radius 2 is 2.00 bits per heavy atom. The summed E-state index contributed by atoms with van der Waals surface area (Å²) in [5.74, 6) is 1.56. The van der Waals surface area contributed by atoms with Gasteiger partial charge in [-0.2, -0.15) is 0 Å². The molecule has 0 aromatic carbocycles. The van der Waals surface area contributed by atoms with Gasteiger partial charge in [0.05, 0.1) is 5.69 Å². The first-order valence-corrected chi connectivity index (χ1v) is 8.89. The number of aryl methyl sites for hydroxylation is 1. The summed E-state index contributed by atoms with van der Waals surface area (Å²) in [4.78, 5) is 17.9. The quantitative estimate of drug-likeness (QED) is 0.804. The van der Waals surface area contributed by atoms with Gasteiger partial charge < -0.3 is 4.90 Å². The topological polar surface area (TPSA) is 45.2 Å². The van der Waals surface area contributed by atoms with Gasteiger partial charge in [0.2, 0.25) is 0 Å². The lowest BCUT2D eigenvalue weighted by Gasteiger charge is -2.41. The van der Waals surface area contributed by atoms with Crippen molar-refractivity contribution in [3.05, 3.63) is 58.8 Å². The molecule has 0 N–H and O–H groups in total. The van der Waals surface area contributed by atoms with E-state index >= 15 is 0 Å². The van der Waals surface area contributed by atoms with E-state index in [0.29, 0.717) is 5.92 Å². The predicted molar refractivity (Wildman–Crippen MR) is 99.4 cm³/mol. The molecule has 2 aliphatic heterocycles. The molecule has 0 amide bonds. The number of pyridine rings is 1. The van der Waals surface area contributed by atoms with E-state index < -0.39 is 0 Å². The Bertz CT molecular complexity index is 809. The van der Waals surface area contributed by atoms with Crippen molar-refractivity contribution in [2.75, 3.05) is 24.5 Å². The molecule has 0 bridgehead atoms. The van der Waals surface area contributed by atoms with Gasteiger partial charge in [0, 0.05) is 50.5 Å². The summed E-state index contributed by atoms with van der Waals surface area (Å²) >= 11 is 0. The highest BCUT2D eigenvalue weighted by molar-refractivity contribution is 5.43. The molecule has 0 aliphatic carbocycles. The molecular formula is C20H25N5. The van der Waals surface area contributed by atoms with Gasteiger partial charge in [-0.25, -0.2) is 9.97 Å². The second kappa shape index (κ2) is 6.23. The van der Waals surface area contributed by atoms with Crippen molar-refractivity contribution in [3.8, 4) is 0 Å². The molecule has 1 saturated heterocycles. The molecule has 0 atom stereocenters. The largest absolute Gasteiger partial charge is 0.355 e. The average Bonchev–Trinajstić information content (AvgIpc) is 2.95. The number of hydrogen-bond acceptors (Lipinski definition) is 5. The second-order valence-electron chi connectivity index (χ2n) is 7.35. The third-order valence-electron chi connectivity index (χ3n) is 5.74. The zero-order valence-corrected chi connectivity index (χ0v) is 15.3. The molecule has 2 aromatic rings. The molecule has 2 aromatic heterocycles. The molecule has 25 heavy (non-hydrogen) atoms. The van der Waals surface area contributed by atoms with Crippen molar-refractivity contribution in [1.29, 1.82) is 0 Å². The monoisotopic (exact) mass is 335 g/mol. The molecule has 4 heterocycles. The summed E-state index contributed by atoms with van der Waals surface area (Å²) in [6, 6.07) is 1.97. The van der Waals surface area contributed by atoms with Crippen LogP contribution in [0.3, 0.4) is 0 Å². The maximum atomic E-state index is 4.81. The van der Waals surface area contributed by atoms with Crippen molar-refractivity contribution < 1.29 is 0 Å². The molecular weight excluding hydrogens is 310 g/mol. The summed E-state index contributed by atoms with van der Waals surface area (Å²) in [5.41, 5.74) is 7.91. The van der Waals surface area contributed by atoms with Crippen LogP contribution in [0.5, 0.6) is 0 Å². The van der Waals surface area contributed by atoms with Crippen molar-refractivity contribution in [2.24, 2.45) is 5.92 Å². The minimum Gasteiger partial charge on any atom is -0.355 e. The number of hydrogen-bond donors (Lipinski definition) is 0. The van der Waals surface area contributed by atoms with Crippen LogP contribution in [0.25, 0.3) is 0 Å². The molecule has 1 fully saturated rings. The molecule has 5 heteroatoms. The molecule has 0 saturated carbocycles. The van der Waals surface area contributed by atoms with Crippen LogP contribution < -0.4 is 4.90 Å². The van der Waals surface area contributed by atoms with E-state index in [1.165, 1.54) is 28.0 Å². The van der Waals surface area contributed by atoms with Crippen molar-refractivity contribution in [2.45, 2.75) is 33.9 Å². The Morgan fingerprint density at radius 1 is 1.20 bits per heavy atom. The van der Waals surface area contributed by atoms with Crippen LogP contribution in [0.1, 0.15) is 28.1 Å². The normalized spacial score (nSPS) is 17.5. The highest BCUT2D eigenvalue weighted by Gasteiger charge is 2.32. The van der Waals surface area contributed by atoms with Gasteiger partial charge in [-0.3, -0.25) is 9.88 Å². The smallest absolute Gasteiger partial charge is 0.131 e. The molecule has 130 valence electrons. The lowest BCUT2D eigenvalue weighted by atomic mass is 9.92. The number of nitrogens with zero attached hydrogens (tertiary/aromatic N) is 5. The number of fused-ring (bicyclic) bond motifs is 1. The first-order chi connectivity index (χ1) is 12.0. The van der Waals surface area contributed by atoms with E-state index in [-0.39, 0.29) is 0 Å². The minimum absolute atomic E-state index is 0.552. The van der Waals surface area contributed by atoms with Crippen LogP contribution in [0.15, 0.2) is 30.7 Å². The fourth-order valence-corrected chi connectivity index (χ4v) is 3.82. The summed E-state index contributed by atoms with van der Waals surface area (Å²) in [6.07, 6.45) is 3.41. The fourth-order valence-electron chi connectivity index (χ4n) is 3.82. The number of anilines is 1. The Morgan fingerprint density at radius 3 is 2.72 bits per heavy atom. The molecule has 4 rings (SSSR count). The van der Waals surface area contributed by atoms with Gasteiger partial charge in [-0.05, 0) is 43.5 Å². The highest BCUT2D eigenvalue weighted by atomic mass is 15.2. The van der Waals surface area contributed by atoms with Gasteiger partial charge in [-0.15, -0.1) is 0 Å². The van der Waals surface area contributed by atoms with E-state index in [1.54, 1.807) is 12.5 Å². The molecule has 2 aliphatic rings. The second-order valence-corrected chi connectivity index (χ2v) is 7.35. The van der Waals surface area contributed by atoms with Gasteiger partial charge in [-0.1, -0.05) is 12.2 Å². The van der Waals surface area contributed by atoms with Gasteiger partial charge in [0.1, 0.15) is 12.1 Å². The summed E-state index contributed by atoms with van der Waals surface area (Å²) in [5, 5.41) is 0. The Hall–Kier alpha value is -2.27. The molecule has 0 unspecified atom stereocenters. The minimum atomic E-state index is 0.552. The summed E-state index contributed by atoms with van der Waals surface area (Å²) in [6.45, 7) is 15.8. The predicted octanol–water partition coefficient (Wildman–Crippen LogP) is 2.81. The molecule has 0 spiro atoms. The Balaban J connectivity index is 1.35. The third-order valence-corrected chi connectivity index (χ3v) is 5.74. The van der Waals surface area contributed by atoms with Gasteiger partial charge in [0.25, 0.3) is 0 Å². The fraction of sp³-hybridized carbons (Fsp3) is 0.450. The van der Waals surface area contributed by atoms with Crippen molar-refractivity contribution >= 4 is 5.82 Å². The van der Waals surface area contributed by atoms with Crippen LogP contribution in [0.4, 0.5) is 5.82 Å². The van der Waals surface area contributed by atoms with Crippen LogP contribution >= 0.6 is 0 Å². The summed E-state index contributed by atoms with van der Waals surface area (Å²) < 4.78 is 0. The van der Waals surface area contributed by atoms with E-state index in [4.69, 9.17) is 4.98 Å². The lowest BCUT2D eigenvalue weighted by molar-refractivity contribution is 0.289. The van der Waals surface area contributed by atoms with Crippen molar-refractivity contribution in [1.82, 2.24) is 19.9 Å². The first kappa shape index (κ1) is 16.2. The lowest BCUT2D eigenvalue weighted by Crippen LogP contribution is -2.49. The molecule has 0 radical (unpaired) electrons. The van der Waals surface area contributed by atoms with E-state index in [2.05, 4.69) is 47.1 Å². The SMILES string of the molecule is C=C(CN1Cc2nc(C)c(C)c(C)c2C1)C1CN(c2ccncn2)C1. The first-order valence-electron chi connectivity index (χ1n) is 8.89. The third kappa shape index (κ3) is 2.93. The number of rotatable bonds is 4. The van der Waals surface area contributed by atoms with E-state index in [0.717, 1.165) is 44.2 Å². The maximum absolute atomic E-state index is 4.81. The number of aromatic nitrogens is 3. The van der Waals surface area contributed by atoms with Crippen LogP contribution in [-0.2, 0) is 13.1 Å². The zero-order valence-electron chi connectivity index (χ0n) is 15.3. The van der Waals surface area contributed by atoms with E-state index in [1.807, 2.05) is 6.07 Å². The maximum Gasteiger partial charge on any atom is 0.131 e. The van der Waals surface area contributed by atoms with Crippen LogP contribution in [0, 0.1) is 26.7 Å². The van der Waals surface area contributed by atoms with Crippen molar-refractivity contribution in [3.63, 3.8) is 0 Å². The van der Waals surface area contributed by atoms with Crippen LogP contribution in [-0.4, -0.2) is 39.5 Å². The Kier molecular flexibility index (Phi) is 4.04. The standard InChI is InChI=1S/C20H25N5/c1-13(17-8-25(9-17)20-5-6-21-12-22-20)7-24-10-18-15(3)14(2)16(4)23-19(18)11-24/h5-6,12,17H,1,7-11H2,2-4H3. The van der Waals surface area contributed by atoms with E-state index in [9.17, 15) is 0 Å². The summed E-state index contributed by atoms with van der Waals surface area (Å²) in [7, 11) is 0. The molecule has 5 nitrogen and oxygen atoms in total. The van der Waals surface area contributed by atoms with Gasteiger partial charge >= 0.3 is 0 Å². The zero-order chi connectivity index (χ0) is 17.6. The average molecular weight is 335 g/mol. The van der Waals surface area contributed by atoms with Gasteiger partial charge in [0.15, 0.2) is 0 Å². The van der Waals surface area contributed by atoms with Crippen LogP contribution in [0.2, 0.25) is 0 Å².